The van der Waals surface area contributed by atoms with Crippen molar-refractivity contribution in [3.63, 3.8) is 0 Å². The molecule has 0 spiro atoms. The number of halogens is 1. The molecule has 2 rings (SSSR count). The predicted molar refractivity (Wildman–Crippen MR) is 101 cm³/mol. The van der Waals surface area contributed by atoms with E-state index in [-0.39, 0.29) is 17.6 Å². The Morgan fingerprint density at radius 3 is 2.33 bits per heavy atom. The van der Waals surface area contributed by atoms with Crippen molar-refractivity contribution in [2.45, 2.75) is 25.7 Å². The Morgan fingerprint density at radius 1 is 1.08 bits per heavy atom. The van der Waals surface area contributed by atoms with Crippen molar-refractivity contribution >= 4 is 46.6 Å². The first-order valence-electron chi connectivity index (χ1n) is 7.42. The molecule has 0 aliphatic heterocycles. The van der Waals surface area contributed by atoms with E-state index in [0.717, 1.165) is 21.7 Å². The molecule has 0 unspecified atom stereocenters. The number of hydrogen-bond donors (Lipinski definition) is 2. The van der Waals surface area contributed by atoms with Crippen LogP contribution >= 0.6 is 23.4 Å². The highest BCUT2D eigenvalue weighted by Gasteiger charge is 2.10. The van der Waals surface area contributed by atoms with Crippen LogP contribution in [0.2, 0.25) is 5.02 Å². The molecule has 0 fully saturated rings. The van der Waals surface area contributed by atoms with Crippen molar-refractivity contribution in [3.05, 3.63) is 52.5 Å². The average Bonchev–Trinajstić information content (AvgIpc) is 2.49. The van der Waals surface area contributed by atoms with Crippen LogP contribution in [-0.2, 0) is 9.59 Å². The van der Waals surface area contributed by atoms with E-state index in [1.807, 2.05) is 50.2 Å². The van der Waals surface area contributed by atoms with Gasteiger partial charge in [0.25, 0.3) is 0 Å². The molecule has 2 N–H and O–H groups in total. The Morgan fingerprint density at radius 2 is 1.75 bits per heavy atom. The number of aryl methyl sites for hydroxylation is 2. The maximum atomic E-state index is 12.1. The van der Waals surface area contributed by atoms with Crippen LogP contribution in [0.15, 0.2) is 41.3 Å². The first-order valence-corrected chi connectivity index (χ1v) is 8.78. The number of benzene rings is 2. The van der Waals surface area contributed by atoms with E-state index in [1.165, 1.54) is 18.7 Å². The second-order valence-corrected chi connectivity index (χ2v) is 6.94. The fraction of sp³-hybridized carbons (Fsp3) is 0.222. The molecule has 6 heteroatoms. The summed E-state index contributed by atoms with van der Waals surface area (Å²) in [6, 6.07) is 11.2. The lowest BCUT2D eigenvalue weighted by atomic mass is 10.1. The van der Waals surface area contributed by atoms with Gasteiger partial charge in [-0.15, -0.1) is 11.8 Å². The number of rotatable bonds is 5. The highest BCUT2D eigenvalue weighted by Crippen LogP contribution is 2.28. The van der Waals surface area contributed by atoms with Gasteiger partial charge in [-0.1, -0.05) is 17.7 Å². The van der Waals surface area contributed by atoms with Gasteiger partial charge >= 0.3 is 0 Å². The van der Waals surface area contributed by atoms with Gasteiger partial charge in [0.2, 0.25) is 11.8 Å². The van der Waals surface area contributed by atoms with Gasteiger partial charge in [0.1, 0.15) is 0 Å². The van der Waals surface area contributed by atoms with Crippen LogP contribution < -0.4 is 10.6 Å². The van der Waals surface area contributed by atoms with Crippen LogP contribution in [0, 0.1) is 13.8 Å². The largest absolute Gasteiger partial charge is 0.326 e. The molecular formula is C18H19ClN2O2S. The van der Waals surface area contributed by atoms with Crippen LogP contribution in [0.1, 0.15) is 18.1 Å². The summed E-state index contributed by atoms with van der Waals surface area (Å²) < 4.78 is 0. The van der Waals surface area contributed by atoms with Gasteiger partial charge < -0.3 is 10.6 Å². The van der Waals surface area contributed by atoms with E-state index < -0.39 is 0 Å². The lowest BCUT2D eigenvalue weighted by Crippen LogP contribution is -2.15. The Labute approximate surface area is 151 Å². The lowest BCUT2D eigenvalue weighted by Gasteiger charge is -2.11. The number of thioether (sulfide) groups is 1. The van der Waals surface area contributed by atoms with Crippen LogP contribution in [0.25, 0.3) is 0 Å². The first kappa shape index (κ1) is 18.4. The molecule has 0 bridgehead atoms. The van der Waals surface area contributed by atoms with Gasteiger partial charge in [-0.2, -0.15) is 0 Å². The molecule has 0 aliphatic carbocycles. The zero-order valence-corrected chi connectivity index (χ0v) is 15.3. The Kier molecular flexibility index (Phi) is 6.29. The SMILES string of the molecule is CC(=O)Nc1ccc(SCC(=O)Nc2c(C)cc(C)cc2Cl)cc1. The van der Waals surface area contributed by atoms with E-state index in [9.17, 15) is 9.59 Å². The minimum atomic E-state index is -0.111. The molecule has 24 heavy (non-hydrogen) atoms. The highest BCUT2D eigenvalue weighted by molar-refractivity contribution is 8.00. The van der Waals surface area contributed by atoms with Gasteiger partial charge in [0, 0.05) is 17.5 Å². The number of anilines is 2. The monoisotopic (exact) mass is 362 g/mol. The van der Waals surface area contributed by atoms with Crippen molar-refractivity contribution < 1.29 is 9.59 Å². The minimum Gasteiger partial charge on any atom is -0.326 e. The number of amides is 2. The lowest BCUT2D eigenvalue weighted by molar-refractivity contribution is -0.114. The molecule has 0 saturated heterocycles. The first-order chi connectivity index (χ1) is 11.3. The third-order valence-corrected chi connectivity index (χ3v) is 4.55. The summed E-state index contributed by atoms with van der Waals surface area (Å²) in [6.45, 7) is 5.35. The molecule has 0 radical (unpaired) electrons. The van der Waals surface area contributed by atoms with Crippen LogP contribution in [0.4, 0.5) is 11.4 Å². The van der Waals surface area contributed by atoms with Crippen LogP contribution in [-0.4, -0.2) is 17.6 Å². The standard InChI is InChI=1S/C18H19ClN2O2S/c1-11-8-12(2)18(16(19)9-11)21-17(23)10-24-15-6-4-14(5-7-15)20-13(3)22/h4-9H,10H2,1-3H3,(H,20,22)(H,21,23). The third-order valence-electron chi connectivity index (χ3n) is 3.24. The van der Waals surface area contributed by atoms with E-state index in [4.69, 9.17) is 11.6 Å². The summed E-state index contributed by atoms with van der Waals surface area (Å²) in [5, 5.41) is 6.12. The molecule has 0 saturated carbocycles. The second kappa shape index (κ2) is 8.22. The number of carbonyl (C=O) groups is 2. The normalized spacial score (nSPS) is 10.3. The van der Waals surface area contributed by atoms with Gasteiger partial charge in [0.05, 0.1) is 16.5 Å². The molecule has 0 aliphatic rings. The minimum absolute atomic E-state index is 0.111. The van der Waals surface area contributed by atoms with Crippen molar-refractivity contribution in [2.24, 2.45) is 0 Å². The predicted octanol–water partition coefficient (Wildman–Crippen LogP) is 4.65. The third kappa shape index (κ3) is 5.28. The summed E-state index contributed by atoms with van der Waals surface area (Å²) in [5.41, 5.74) is 3.40. The summed E-state index contributed by atoms with van der Waals surface area (Å²) in [6.07, 6.45) is 0. The van der Waals surface area contributed by atoms with Crippen molar-refractivity contribution in [1.29, 1.82) is 0 Å². The van der Waals surface area contributed by atoms with Gasteiger partial charge in [-0.3, -0.25) is 9.59 Å². The maximum Gasteiger partial charge on any atom is 0.234 e. The molecule has 126 valence electrons. The van der Waals surface area contributed by atoms with Gasteiger partial charge in [-0.05, 0) is 55.3 Å². The topological polar surface area (TPSA) is 58.2 Å². The van der Waals surface area contributed by atoms with Crippen LogP contribution in [0.5, 0.6) is 0 Å². The smallest absolute Gasteiger partial charge is 0.234 e. The Bertz CT molecular complexity index is 737. The molecule has 0 atom stereocenters. The second-order valence-electron chi connectivity index (χ2n) is 5.48. The van der Waals surface area contributed by atoms with Crippen molar-refractivity contribution in [2.75, 3.05) is 16.4 Å². The van der Waals surface area contributed by atoms with Gasteiger partial charge in [-0.25, -0.2) is 0 Å². The summed E-state index contributed by atoms with van der Waals surface area (Å²) >= 11 is 7.62. The fourth-order valence-electron chi connectivity index (χ4n) is 2.24. The maximum absolute atomic E-state index is 12.1. The molecular weight excluding hydrogens is 344 g/mol. The molecule has 0 heterocycles. The molecule has 0 aromatic heterocycles. The van der Waals surface area contributed by atoms with Gasteiger partial charge in [0.15, 0.2) is 0 Å². The van der Waals surface area contributed by atoms with E-state index in [0.29, 0.717) is 10.7 Å². The number of carbonyl (C=O) groups excluding carboxylic acids is 2. The molecule has 2 aromatic carbocycles. The van der Waals surface area contributed by atoms with E-state index in [1.54, 1.807) is 0 Å². The van der Waals surface area contributed by atoms with E-state index >= 15 is 0 Å². The molecule has 2 aromatic rings. The van der Waals surface area contributed by atoms with E-state index in [2.05, 4.69) is 10.6 Å². The summed E-state index contributed by atoms with van der Waals surface area (Å²) in [7, 11) is 0. The summed E-state index contributed by atoms with van der Waals surface area (Å²) in [4.78, 5) is 24.1. The van der Waals surface area contributed by atoms with Crippen molar-refractivity contribution in [1.82, 2.24) is 0 Å². The van der Waals surface area contributed by atoms with Crippen LogP contribution in [0.3, 0.4) is 0 Å². The average molecular weight is 363 g/mol. The number of hydrogen-bond acceptors (Lipinski definition) is 3. The Hall–Kier alpha value is -1.98. The highest BCUT2D eigenvalue weighted by atomic mass is 35.5. The fourth-order valence-corrected chi connectivity index (χ4v) is 3.30. The zero-order valence-electron chi connectivity index (χ0n) is 13.8. The quantitative estimate of drug-likeness (QED) is 0.761. The number of nitrogens with one attached hydrogen (secondary N) is 2. The molecule has 4 nitrogen and oxygen atoms in total. The zero-order chi connectivity index (χ0) is 17.7. The Balaban J connectivity index is 1.93. The summed E-state index contributed by atoms with van der Waals surface area (Å²) in [5.74, 6) is 0.0586. The van der Waals surface area contributed by atoms with Crippen molar-refractivity contribution in [3.8, 4) is 0 Å². The molecule has 2 amide bonds.